The Hall–Kier alpha value is -1.88. The third-order valence-electron chi connectivity index (χ3n) is 4.93. The van der Waals surface area contributed by atoms with Crippen LogP contribution < -0.4 is 4.90 Å². The molecule has 130 valence electrons. The molecule has 2 fully saturated rings. The Morgan fingerprint density at radius 1 is 1.08 bits per heavy atom. The predicted molar refractivity (Wildman–Crippen MR) is 91.0 cm³/mol. The fourth-order valence-corrected chi connectivity index (χ4v) is 3.30. The van der Waals surface area contributed by atoms with E-state index in [9.17, 15) is 9.59 Å². The molecule has 0 N–H and O–H groups in total. The molecule has 0 spiro atoms. The molecule has 0 bridgehead atoms. The van der Waals surface area contributed by atoms with E-state index in [4.69, 9.17) is 9.47 Å². The van der Waals surface area contributed by atoms with Gasteiger partial charge in [-0.25, -0.2) is 4.79 Å². The van der Waals surface area contributed by atoms with Crippen LogP contribution in [0, 0.1) is 5.92 Å². The molecule has 0 aromatic heterocycles. The molecular weight excluding hydrogens is 306 g/mol. The third-order valence-corrected chi connectivity index (χ3v) is 4.93. The number of hydrogen-bond donors (Lipinski definition) is 0. The average Bonchev–Trinajstić information content (AvgIpc) is 3.45. The summed E-state index contributed by atoms with van der Waals surface area (Å²) >= 11 is 0. The Kier molecular flexibility index (Phi) is 5.19. The van der Waals surface area contributed by atoms with Gasteiger partial charge in [-0.1, -0.05) is 12.1 Å². The first-order valence-electron chi connectivity index (χ1n) is 8.70. The Morgan fingerprint density at radius 2 is 1.79 bits per heavy atom. The van der Waals surface area contributed by atoms with Gasteiger partial charge < -0.3 is 14.4 Å². The van der Waals surface area contributed by atoms with Gasteiger partial charge in [0.25, 0.3) is 0 Å². The number of rotatable bonds is 5. The van der Waals surface area contributed by atoms with E-state index in [-0.39, 0.29) is 30.0 Å². The molecular formula is C19H25NO4. The molecule has 3 rings (SSSR count). The summed E-state index contributed by atoms with van der Waals surface area (Å²) in [6.07, 6.45) is 5.54. The zero-order chi connectivity index (χ0) is 17.1. The van der Waals surface area contributed by atoms with Gasteiger partial charge in [-0.05, 0) is 44.2 Å². The molecule has 1 aromatic rings. The maximum Gasteiger partial charge on any atom is 0.340 e. The monoisotopic (exact) mass is 331 g/mol. The van der Waals surface area contributed by atoms with E-state index in [1.54, 1.807) is 37.3 Å². The van der Waals surface area contributed by atoms with Crippen LogP contribution in [0.25, 0.3) is 0 Å². The van der Waals surface area contributed by atoms with E-state index < -0.39 is 0 Å². The Labute approximate surface area is 142 Å². The van der Waals surface area contributed by atoms with Gasteiger partial charge in [0.05, 0.1) is 17.4 Å². The number of carbonyl (C=O) groups is 2. The molecule has 2 aliphatic carbocycles. The fraction of sp³-hybridized carbons (Fsp3) is 0.579. The second-order valence-corrected chi connectivity index (χ2v) is 6.74. The number of ether oxygens (including phenoxy) is 2. The van der Waals surface area contributed by atoms with Gasteiger partial charge in [-0.15, -0.1) is 0 Å². The van der Waals surface area contributed by atoms with Crippen molar-refractivity contribution in [1.29, 1.82) is 0 Å². The third kappa shape index (κ3) is 3.78. The molecule has 1 amide bonds. The van der Waals surface area contributed by atoms with Crippen molar-refractivity contribution in [2.24, 2.45) is 5.92 Å². The summed E-state index contributed by atoms with van der Waals surface area (Å²) in [7, 11) is 3.43. The van der Waals surface area contributed by atoms with Crippen molar-refractivity contribution < 1.29 is 19.1 Å². The number of esters is 1. The van der Waals surface area contributed by atoms with Crippen LogP contribution in [-0.4, -0.2) is 38.2 Å². The Morgan fingerprint density at radius 3 is 2.50 bits per heavy atom. The van der Waals surface area contributed by atoms with Gasteiger partial charge in [-0.2, -0.15) is 0 Å². The smallest absolute Gasteiger partial charge is 0.340 e. The standard InChI is InChI=1S/C19H25NO4/c1-20(18(21)13-10-11-13)17-9-4-3-8-16(17)19(22)24-15-7-5-6-14(12-15)23-2/h3-4,8-9,13-15H,5-7,10-12H2,1-2H3/t14-,15+/m1/s1. The van der Waals surface area contributed by atoms with Crippen LogP contribution >= 0.6 is 0 Å². The van der Waals surface area contributed by atoms with Gasteiger partial charge in [0.15, 0.2) is 0 Å². The summed E-state index contributed by atoms with van der Waals surface area (Å²) in [6.45, 7) is 0. The predicted octanol–water partition coefficient (Wildman–Crippen LogP) is 3.17. The lowest BCUT2D eigenvalue weighted by atomic mass is 9.95. The van der Waals surface area contributed by atoms with Crippen molar-refractivity contribution in [3.8, 4) is 0 Å². The van der Waals surface area contributed by atoms with E-state index in [1.165, 1.54) is 0 Å². The van der Waals surface area contributed by atoms with Crippen molar-refractivity contribution in [3.05, 3.63) is 29.8 Å². The van der Waals surface area contributed by atoms with E-state index in [0.717, 1.165) is 38.5 Å². The van der Waals surface area contributed by atoms with Gasteiger partial charge >= 0.3 is 5.97 Å². The topological polar surface area (TPSA) is 55.8 Å². The molecule has 0 unspecified atom stereocenters. The number of carbonyl (C=O) groups excluding carboxylic acids is 2. The van der Waals surface area contributed by atoms with Crippen LogP contribution in [0.15, 0.2) is 24.3 Å². The zero-order valence-electron chi connectivity index (χ0n) is 14.4. The molecule has 5 nitrogen and oxygen atoms in total. The number of hydrogen-bond acceptors (Lipinski definition) is 4. The van der Waals surface area contributed by atoms with Crippen molar-refractivity contribution in [2.45, 2.75) is 50.7 Å². The zero-order valence-corrected chi connectivity index (χ0v) is 14.4. The highest BCUT2D eigenvalue weighted by molar-refractivity contribution is 6.03. The van der Waals surface area contributed by atoms with Crippen LogP contribution in [0.4, 0.5) is 5.69 Å². The van der Waals surface area contributed by atoms with Gasteiger partial charge in [0.1, 0.15) is 6.10 Å². The number of methoxy groups -OCH3 is 1. The lowest BCUT2D eigenvalue weighted by Gasteiger charge is -2.28. The minimum atomic E-state index is -0.359. The van der Waals surface area contributed by atoms with Crippen molar-refractivity contribution in [3.63, 3.8) is 0 Å². The molecule has 2 atom stereocenters. The number of amides is 1. The van der Waals surface area contributed by atoms with Crippen LogP contribution in [0.1, 0.15) is 48.9 Å². The van der Waals surface area contributed by atoms with E-state index in [0.29, 0.717) is 11.3 Å². The first-order chi connectivity index (χ1) is 11.6. The largest absolute Gasteiger partial charge is 0.459 e. The average molecular weight is 331 g/mol. The number of anilines is 1. The molecule has 2 aliphatic rings. The van der Waals surface area contributed by atoms with Gasteiger partial charge in [0.2, 0.25) is 5.91 Å². The normalized spacial score (nSPS) is 23.6. The number of nitrogens with zero attached hydrogens (tertiary/aromatic N) is 1. The number of benzene rings is 1. The van der Waals surface area contributed by atoms with Crippen LogP contribution in [-0.2, 0) is 14.3 Å². The quantitative estimate of drug-likeness (QED) is 0.778. The Balaban J connectivity index is 1.71. The van der Waals surface area contributed by atoms with Crippen LogP contribution in [0.3, 0.4) is 0 Å². The molecule has 0 heterocycles. The lowest BCUT2D eigenvalue weighted by Crippen LogP contribution is -2.31. The van der Waals surface area contributed by atoms with Gasteiger partial charge in [0, 0.05) is 26.5 Å². The first kappa shape index (κ1) is 17.0. The Bertz CT molecular complexity index is 611. The van der Waals surface area contributed by atoms with E-state index in [1.807, 2.05) is 6.07 Å². The van der Waals surface area contributed by atoms with Crippen molar-refractivity contribution in [2.75, 3.05) is 19.1 Å². The maximum atomic E-state index is 12.6. The molecule has 0 radical (unpaired) electrons. The number of para-hydroxylation sites is 1. The summed E-state index contributed by atoms with van der Waals surface area (Å²) in [5.41, 5.74) is 1.08. The van der Waals surface area contributed by atoms with Crippen molar-refractivity contribution in [1.82, 2.24) is 0 Å². The second kappa shape index (κ2) is 7.34. The fourth-order valence-electron chi connectivity index (χ4n) is 3.30. The second-order valence-electron chi connectivity index (χ2n) is 6.74. The summed E-state index contributed by atoms with van der Waals surface area (Å²) in [5.74, 6) is -0.171. The minimum absolute atomic E-state index is 0.0763. The molecule has 24 heavy (non-hydrogen) atoms. The highest BCUT2D eigenvalue weighted by atomic mass is 16.5. The highest BCUT2D eigenvalue weighted by Gasteiger charge is 2.34. The van der Waals surface area contributed by atoms with E-state index >= 15 is 0 Å². The minimum Gasteiger partial charge on any atom is -0.459 e. The van der Waals surface area contributed by atoms with Gasteiger partial charge in [-0.3, -0.25) is 4.79 Å². The summed E-state index contributed by atoms with van der Waals surface area (Å²) in [4.78, 5) is 26.5. The van der Waals surface area contributed by atoms with Crippen LogP contribution in [0.2, 0.25) is 0 Å². The van der Waals surface area contributed by atoms with E-state index in [2.05, 4.69) is 0 Å². The molecule has 2 saturated carbocycles. The summed E-state index contributed by atoms with van der Waals surface area (Å²) in [5, 5.41) is 0. The van der Waals surface area contributed by atoms with Crippen molar-refractivity contribution >= 4 is 17.6 Å². The maximum absolute atomic E-state index is 12.6. The molecule has 0 saturated heterocycles. The molecule has 0 aliphatic heterocycles. The summed E-state index contributed by atoms with van der Waals surface area (Å²) < 4.78 is 11.1. The first-order valence-corrected chi connectivity index (χ1v) is 8.70. The van der Waals surface area contributed by atoms with Crippen LogP contribution in [0.5, 0.6) is 0 Å². The molecule has 5 heteroatoms. The molecule has 1 aromatic carbocycles. The summed E-state index contributed by atoms with van der Waals surface area (Å²) in [6, 6.07) is 7.17. The lowest BCUT2D eigenvalue weighted by molar-refractivity contribution is -0.119. The SMILES string of the molecule is CO[C@@H]1CCC[C@H](OC(=O)c2ccccc2N(C)C(=O)C2CC2)C1. The highest BCUT2D eigenvalue weighted by Crippen LogP contribution is 2.33.